The van der Waals surface area contributed by atoms with Crippen LogP contribution in [0.3, 0.4) is 0 Å². The largest absolute Gasteiger partial charge is 1.00 e. The van der Waals surface area contributed by atoms with Crippen molar-refractivity contribution in [3.05, 3.63) is 33.7 Å². The Morgan fingerprint density at radius 3 is 2.81 bits per heavy atom. The predicted octanol–water partition coefficient (Wildman–Crippen LogP) is -4.34. The monoisotopic (exact) mass is 406 g/mol. The molecule has 2 atom stereocenters. The van der Waals surface area contributed by atoms with Gasteiger partial charge in [0.05, 0.1) is 24.7 Å². The second kappa shape index (κ2) is 8.42. The fourth-order valence-electron chi connectivity index (χ4n) is 2.88. The van der Waals surface area contributed by atoms with Crippen LogP contribution in [0.15, 0.2) is 28.8 Å². The molecular weight excluding hydrogens is 391 g/mol. The molecule has 1 aromatic heterocycles. The molecule has 3 heterocycles. The number of β-lactam (4-membered cyclic amide) rings is 1. The number of methoxy groups -OCH3 is 1. The summed E-state index contributed by atoms with van der Waals surface area (Å²) in [5.74, 6) is -2.45. The average molecular weight is 406 g/mol. The van der Waals surface area contributed by atoms with Crippen molar-refractivity contribution in [2.24, 2.45) is 0 Å². The second-order valence-corrected chi connectivity index (χ2v) is 7.58. The van der Waals surface area contributed by atoms with Gasteiger partial charge in [-0.2, -0.15) is 0 Å². The minimum atomic E-state index is -1.62. The van der Waals surface area contributed by atoms with E-state index in [-0.39, 0.29) is 53.0 Å². The van der Waals surface area contributed by atoms with Crippen molar-refractivity contribution in [2.45, 2.75) is 17.5 Å². The number of aliphatic carboxylic acids is 1. The fraction of sp³-hybridized carbons (Fsp3) is 0.400. The van der Waals surface area contributed by atoms with Crippen molar-refractivity contribution in [3.63, 3.8) is 0 Å². The van der Waals surface area contributed by atoms with E-state index in [4.69, 9.17) is 4.74 Å². The number of carboxylic acids is 1. The first-order valence-electron chi connectivity index (χ1n) is 7.32. The van der Waals surface area contributed by atoms with E-state index in [2.05, 4.69) is 5.32 Å². The van der Waals surface area contributed by atoms with Gasteiger partial charge in [-0.05, 0) is 17.0 Å². The Balaban J connectivity index is 0.00000243. The topological polar surface area (TPSA) is 119 Å². The maximum Gasteiger partial charge on any atom is 1.00 e. The number of nitrogens with zero attached hydrogens (tertiary/aromatic N) is 1. The number of carboxylic acid groups (broad SMARTS) is 1. The summed E-state index contributed by atoms with van der Waals surface area (Å²) in [4.78, 5) is 38.1. The van der Waals surface area contributed by atoms with Crippen LogP contribution in [-0.4, -0.2) is 58.4 Å². The van der Waals surface area contributed by atoms with Crippen LogP contribution in [0.2, 0.25) is 0 Å². The molecule has 26 heavy (non-hydrogen) atoms. The molecule has 1 unspecified atom stereocenters. The first kappa shape index (κ1) is 21.4. The number of aliphatic hydroxyl groups is 1. The molecule has 0 spiro atoms. The van der Waals surface area contributed by atoms with Crippen LogP contribution >= 0.6 is 23.1 Å². The van der Waals surface area contributed by atoms with E-state index in [1.807, 2.05) is 11.4 Å². The maximum atomic E-state index is 12.6. The van der Waals surface area contributed by atoms with Crippen molar-refractivity contribution < 1.29 is 58.9 Å². The molecule has 1 saturated heterocycles. The Morgan fingerprint density at radius 1 is 1.54 bits per heavy atom. The van der Waals surface area contributed by atoms with Crippen LogP contribution in [0.25, 0.3) is 0 Å². The Morgan fingerprint density at radius 2 is 2.27 bits per heavy atom. The number of rotatable bonds is 6. The summed E-state index contributed by atoms with van der Waals surface area (Å²) >= 11 is 2.63. The molecule has 1 fully saturated rings. The molecule has 0 aliphatic carbocycles. The maximum absolute atomic E-state index is 12.6. The summed E-state index contributed by atoms with van der Waals surface area (Å²) in [6.07, 6.45) is 0.0957. The Bertz CT molecular complexity index is 753. The zero-order chi connectivity index (χ0) is 18.2. The van der Waals surface area contributed by atoms with Crippen molar-refractivity contribution in [1.29, 1.82) is 0 Å². The van der Waals surface area contributed by atoms with Crippen LogP contribution < -0.4 is 40.0 Å². The van der Waals surface area contributed by atoms with E-state index in [1.54, 1.807) is 6.07 Å². The van der Waals surface area contributed by atoms with Crippen molar-refractivity contribution in [1.82, 2.24) is 10.2 Å². The molecule has 0 aromatic carbocycles. The number of carbonyl (C=O) groups is 3. The number of amides is 2. The number of nitrogens with one attached hydrogen (secondary N) is 1. The van der Waals surface area contributed by atoms with Crippen LogP contribution in [0.4, 0.5) is 0 Å². The Hall–Kier alpha value is -0.880. The molecule has 0 radical (unpaired) electrons. The van der Waals surface area contributed by atoms with E-state index < -0.39 is 35.5 Å². The summed E-state index contributed by atoms with van der Waals surface area (Å²) in [5.41, 5.74) is -1.78. The molecule has 134 valence electrons. The summed E-state index contributed by atoms with van der Waals surface area (Å²) < 4.78 is 5.30. The first-order chi connectivity index (χ1) is 11.9. The molecule has 2 N–H and O–H groups in total. The van der Waals surface area contributed by atoms with Gasteiger partial charge in [0.1, 0.15) is 5.37 Å². The van der Waals surface area contributed by atoms with E-state index in [1.165, 1.54) is 30.2 Å². The van der Waals surface area contributed by atoms with E-state index >= 15 is 0 Å². The number of aliphatic hydroxyl groups excluding tert-OH is 1. The summed E-state index contributed by atoms with van der Waals surface area (Å²) in [6.45, 7) is -0.489. The zero-order valence-corrected chi connectivity index (χ0v) is 17.8. The molecule has 0 bridgehead atoms. The predicted molar refractivity (Wildman–Crippen MR) is 88.1 cm³/mol. The van der Waals surface area contributed by atoms with Gasteiger partial charge in [0.15, 0.2) is 0 Å². The van der Waals surface area contributed by atoms with Crippen molar-refractivity contribution in [3.8, 4) is 0 Å². The van der Waals surface area contributed by atoms with E-state index in [0.717, 1.165) is 9.78 Å². The van der Waals surface area contributed by atoms with Gasteiger partial charge in [0, 0.05) is 17.7 Å². The zero-order valence-electron chi connectivity index (χ0n) is 14.2. The van der Waals surface area contributed by atoms with E-state index in [9.17, 15) is 24.6 Å². The SMILES string of the molecule is COC1(NC(=O)Cc2cccs2)C(=O)N2C(C(=O)[O-])=C(CO)CS[C@@H]21.[Na+]. The van der Waals surface area contributed by atoms with Gasteiger partial charge < -0.3 is 25.1 Å². The minimum Gasteiger partial charge on any atom is -0.543 e. The first-order valence-corrected chi connectivity index (χ1v) is 9.25. The summed E-state index contributed by atoms with van der Waals surface area (Å²) in [5, 5.41) is 24.4. The molecule has 11 heteroatoms. The minimum absolute atomic E-state index is 0. The quantitative estimate of drug-likeness (QED) is 0.279. The molecule has 2 aliphatic rings. The van der Waals surface area contributed by atoms with Crippen LogP contribution in [0.5, 0.6) is 0 Å². The molecule has 0 saturated carbocycles. The summed E-state index contributed by atoms with van der Waals surface area (Å²) in [7, 11) is 1.28. The summed E-state index contributed by atoms with van der Waals surface area (Å²) in [6, 6.07) is 3.62. The van der Waals surface area contributed by atoms with Crippen LogP contribution in [0.1, 0.15) is 4.88 Å². The third kappa shape index (κ3) is 3.47. The third-order valence-electron chi connectivity index (χ3n) is 4.06. The number of hydrogen-bond acceptors (Lipinski definition) is 8. The van der Waals surface area contributed by atoms with Gasteiger partial charge in [0.2, 0.25) is 5.91 Å². The van der Waals surface area contributed by atoms with Gasteiger partial charge in [-0.25, -0.2) is 0 Å². The number of hydrogen-bond donors (Lipinski definition) is 2. The standard InChI is InChI=1S/C15H16N2O6S2.Na/c1-23-15(16-10(19)5-9-3-2-4-24-9)13(22)17-11(12(20)21)8(6-18)7-25-14(15)17;/h2-4,14,18H,5-7H2,1H3,(H,16,19)(H,20,21);/q;+1/p-1/t14-,15?;/m1./s1. The van der Waals surface area contributed by atoms with Gasteiger partial charge >= 0.3 is 29.6 Å². The van der Waals surface area contributed by atoms with Gasteiger partial charge in [0.25, 0.3) is 11.6 Å². The third-order valence-corrected chi connectivity index (χ3v) is 6.31. The number of thiophene rings is 1. The van der Waals surface area contributed by atoms with Crippen molar-refractivity contribution in [2.75, 3.05) is 19.5 Å². The molecule has 2 aliphatic heterocycles. The van der Waals surface area contributed by atoms with Crippen LogP contribution in [-0.2, 0) is 25.5 Å². The molecule has 1 aromatic rings. The number of fused-ring (bicyclic) bond motifs is 1. The molecule has 8 nitrogen and oxygen atoms in total. The van der Waals surface area contributed by atoms with Crippen molar-refractivity contribution >= 4 is 40.9 Å². The van der Waals surface area contributed by atoms with E-state index in [0.29, 0.717) is 0 Å². The molecule has 3 rings (SSSR count). The number of ether oxygens (including phenoxy) is 1. The Kier molecular flexibility index (Phi) is 6.94. The smallest absolute Gasteiger partial charge is 0.543 e. The van der Waals surface area contributed by atoms with Gasteiger partial charge in [-0.1, -0.05) is 6.07 Å². The Labute approximate surface area is 179 Å². The van der Waals surface area contributed by atoms with Gasteiger partial charge in [-0.3, -0.25) is 14.5 Å². The fourth-order valence-corrected chi connectivity index (χ4v) is 5.01. The van der Waals surface area contributed by atoms with Crippen LogP contribution in [0, 0.1) is 0 Å². The number of carbonyl (C=O) groups excluding carboxylic acids is 3. The second-order valence-electron chi connectivity index (χ2n) is 5.48. The average Bonchev–Trinajstić information content (AvgIpc) is 3.10. The number of thioether (sulfide) groups is 1. The van der Waals surface area contributed by atoms with Gasteiger partial charge in [-0.15, -0.1) is 23.1 Å². The molecule has 2 amide bonds. The molecular formula is C15H15N2NaO6S2. The normalized spacial score (nSPS) is 24.5.